The molecule has 0 amide bonds. The summed E-state index contributed by atoms with van der Waals surface area (Å²) in [5, 5.41) is 0. The van der Waals surface area contributed by atoms with Crippen molar-refractivity contribution in [3.05, 3.63) is 0 Å². The Bertz CT molecular complexity index is 70.9. The van der Waals surface area contributed by atoms with Crippen LogP contribution in [0.3, 0.4) is 0 Å². The fourth-order valence-electron chi connectivity index (χ4n) is 0.377. The standard InChI is InChI=1S/C7H12S/c1-3-5-7-8-6-4-2/h1H,4-7H2,2H3. The summed E-state index contributed by atoms with van der Waals surface area (Å²) in [5.74, 6) is 4.99. The third-order valence-electron chi connectivity index (χ3n) is 0.739. The third kappa shape index (κ3) is 5.91. The van der Waals surface area contributed by atoms with Crippen molar-refractivity contribution in [1.82, 2.24) is 0 Å². The van der Waals surface area contributed by atoms with Gasteiger partial charge >= 0.3 is 0 Å². The molecule has 0 N–H and O–H groups in total. The Morgan fingerprint density at radius 2 is 2.25 bits per heavy atom. The predicted octanol–water partition coefficient (Wildman–Crippen LogP) is 2.15. The summed E-state index contributed by atoms with van der Waals surface area (Å²) in [5.41, 5.74) is 0. The number of hydrogen-bond acceptors (Lipinski definition) is 1. The van der Waals surface area contributed by atoms with E-state index < -0.39 is 0 Å². The molecule has 0 bridgehead atoms. The van der Waals surface area contributed by atoms with E-state index in [0.29, 0.717) is 0 Å². The lowest BCUT2D eigenvalue weighted by atomic mass is 10.5. The van der Waals surface area contributed by atoms with Crippen LogP contribution in [0.5, 0.6) is 0 Å². The SMILES string of the molecule is C#CCCSCCC. The first-order valence-electron chi connectivity index (χ1n) is 2.93. The van der Waals surface area contributed by atoms with Gasteiger partial charge in [0.2, 0.25) is 0 Å². The Kier molecular flexibility index (Phi) is 6.83. The molecule has 0 atom stereocenters. The Morgan fingerprint density at radius 3 is 2.75 bits per heavy atom. The van der Waals surface area contributed by atoms with E-state index in [1.54, 1.807) is 0 Å². The second kappa shape index (κ2) is 6.91. The minimum absolute atomic E-state index is 0.921. The summed E-state index contributed by atoms with van der Waals surface area (Å²) in [6.07, 6.45) is 7.23. The molecular formula is C7H12S. The first kappa shape index (κ1) is 7.91. The van der Waals surface area contributed by atoms with Crippen molar-refractivity contribution < 1.29 is 0 Å². The maximum Gasteiger partial charge on any atom is 0.0177 e. The fourth-order valence-corrected chi connectivity index (χ4v) is 1.13. The zero-order valence-electron chi connectivity index (χ0n) is 5.31. The van der Waals surface area contributed by atoms with Gasteiger partial charge in [-0.05, 0) is 12.2 Å². The molecule has 0 rings (SSSR count). The monoisotopic (exact) mass is 128 g/mol. The van der Waals surface area contributed by atoms with Gasteiger partial charge in [0.25, 0.3) is 0 Å². The molecule has 0 spiro atoms. The molecule has 0 nitrogen and oxygen atoms in total. The van der Waals surface area contributed by atoms with Crippen molar-refractivity contribution in [2.24, 2.45) is 0 Å². The van der Waals surface area contributed by atoms with Gasteiger partial charge in [0.1, 0.15) is 0 Å². The van der Waals surface area contributed by atoms with Crippen LogP contribution in [-0.2, 0) is 0 Å². The summed E-state index contributed by atoms with van der Waals surface area (Å²) in [6, 6.07) is 0. The van der Waals surface area contributed by atoms with Gasteiger partial charge in [0.05, 0.1) is 0 Å². The van der Waals surface area contributed by atoms with Gasteiger partial charge in [-0.25, -0.2) is 0 Å². The number of rotatable bonds is 4. The molecule has 46 valence electrons. The number of terminal acetylenes is 1. The van der Waals surface area contributed by atoms with E-state index in [1.807, 2.05) is 11.8 Å². The zero-order valence-corrected chi connectivity index (χ0v) is 6.13. The highest BCUT2D eigenvalue weighted by molar-refractivity contribution is 7.99. The smallest absolute Gasteiger partial charge is 0.0177 e. The van der Waals surface area contributed by atoms with Gasteiger partial charge in [0.15, 0.2) is 0 Å². The van der Waals surface area contributed by atoms with Crippen molar-refractivity contribution in [1.29, 1.82) is 0 Å². The first-order chi connectivity index (χ1) is 3.91. The van der Waals surface area contributed by atoms with Crippen LogP contribution in [-0.4, -0.2) is 11.5 Å². The maximum absolute atomic E-state index is 5.05. The molecule has 0 heterocycles. The van der Waals surface area contributed by atoms with E-state index in [4.69, 9.17) is 6.42 Å². The summed E-state index contributed by atoms with van der Waals surface area (Å²) < 4.78 is 0. The molecule has 0 aliphatic heterocycles. The molecule has 0 fully saturated rings. The molecule has 0 aliphatic rings. The van der Waals surface area contributed by atoms with E-state index >= 15 is 0 Å². The lowest BCUT2D eigenvalue weighted by Gasteiger charge is -1.91. The average molecular weight is 128 g/mol. The van der Waals surface area contributed by atoms with Crippen molar-refractivity contribution in [3.63, 3.8) is 0 Å². The summed E-state index contributed by atoms with van der Waals surface area (Å²) >= 11 is 1.94. The maximum atomic E-state index is 5.05. The average Bonchev–Trinajstić information content (AvgIpc) is 1.81. The summed E-state index contributed by atoms with van der Waals surface area (Å²) in [4.78, 5) is 0. The van der Waals surface area contributed by atoms with Crippen molar-refractivity contribution in [2.75, 3.05) is 11.5 Å². The minimum Gasteiger partial charge on any atom is -0.161 e. The van der Waals surface area contributed by atoms with Gasteiger partial charge < -0.3 is 0 Å². The van der Waals surface area contributed by atoms with Crippen LogP contribution in [0, 0.1) is 12.3 Å². The molecule has 0 unspecified atom stereocenters. The quantitative estimate of drug-likeness (QED) is 0.413. The predicted molar refractivity (Wildman–Crippen MR) is 41.1 cm³/mol. The van der Waals surface area contributed by atoms with E-state index in [0.717, 1.165) is 12.2 Å². The topological polar surface area (TPSA) is 0 Å². The normalized spacial score (nSPS) is 8.50. The minimum atomic E-state index is 0.921. The highest BCUT2D eigenvalue weighted by atomic mass is 32.2. The van der Waals surface area contributed by atoms with Gasteiger partial charge in [-0.1, -0.05) is 6.92 Å². The summed E-state index contributed by atoms with van der Waals surface area (Å²) in [7, 11) is 0. The molecule has 0 radical (unpaired) electrons. The highest BCUT2D eigenvalue weighted by Gasteiger charge is 1.81. The van der Waals surface area contributed by atoms with Crippen LogP contribution < -0.4 is 0 Å². The number of hydrogen-bond donors (Lipinski definition) is 0. The van der Waals surface area contributed by atoms with E-state index in [2.05, 4.69) is 12.8 Å². The Morgan fingerprint density at radius 1 is 1.50 bits per heavy atom. The fraction of sp³-hybridized carbons (Fsp3) is 0.714. The van der Waals surface area contributed by atoms with Crippen molar-refractivity contribution in [2.45, 2.75) is 19.8 Å². The van der Waals surface area contributed by atoms with Crippen LogP contribution in [0.25, 0.3) is 0 Å². The molecule has 0 aromatic heterocycles. The second-order valence-electron chi connectivity index (χ2n) is 1.57. The Balaban J connectivity index is 2.65. The molecular weight excluding hydrogens is 116 g/mol. The van der Waals surface area contributed by atoms with Crippen molar-refractivity contribution >= 4 is 11.8 Å². The Labute approximate surface area is 56.1 Å². The second-order valence-corrected chi connectivity index (χ2v) is 2.79. The molecule has 0 saturated carbocycles. The lowest BCUT2D eigenvalue weighted by Crippen LogP contribution is -1.77. The van der Waals surface area contributed by atoms with Crippen LogP contribution in [0.2, 0.25) is 0 Å². The first-order valence-corrected chi connectivity index (χ1v) is 4.08. The Hall–Kier alpha value is -0.0900. The summed E-state index contributed by atoms with van der Waals surface area (Å²) in [6.45, 7) is 2.18. The van der Waals surface area contributed by atoms with Gasteiger partial charge in [-0.3, -0.25) is 0 Å². The molecule has 0 saturated heterocycles. The van der Waals surface area contributed by atoms with Crippen molar-refractivity contribution in [3.8, 4) is 12.3 Å². The van der Waals surface area contributed by atoms with E-state index in [1.165, 1.54) is 12.2 Å². The third-order valence-corrected chi connectivity index (χ3v) is 1.93. The molecule has 0 aromatic carbocycles. The van der Waals surface area contributed by atoms with Gasteiger partial charge in [-0.15, -0.1) is 12.3 Å². The lowest BCUT2D eigenvalue weighted by molar-refractivity contribution is 1.10. The van der Waals surface area contributed by atoms with Crippen LogP contribution in [0.4, 0.5) is 0 Å². The van der Waals surface area contributed by atoms with E-state index in [-0.39, 0.29) is 0 Å². The molecule has 1 heteroatoms. The molecule has 0 aliphatic carbocycles. The largest absolute Gasteiger partial charge is 0.161 e. The van der Waals surface area contributed by atoms with Crippen LogP contribution in [0.1, 0.15) is 19.8 Å². The molecule has 0 aromatic rings. The van der Waals surface area contributed by atoms with Gasteiger partial charge in [0, 0.05) is 12.2 Å². The van der Waals surface area contributed by atoms with Gasteiger partial charge in [-0.2, -0.15) is 11.8 Å². The van der Waals surface area contributed by atoms with E-state index in [9.17, 15) is 0 Å². The van der Waals surface area contributed by atoms with Crippen LogP contribution >= 0.6 is 11.8 Å². The molecule has 8 heavy (non-hydrogen) atoms. The number of thioether (sulfide) groups is 1. The highest BCUT2D eigenvalue weighted by Crippen LogP contribution is 2.02. The zero-order chi connectivity index (χ0) is 6.24. The van der Waals surface area contributed by atoms with Crippen LogP contribution in [0.15, 0.2) is 0 Å².